The summed E-state index contributed by atoms with van der Waals surface area (Å²) in [4.78, 5) is 42.6. The molecule has 2 aromatic rings. The van der Waals surface area contributed by atoms with Crippen molar-refractivity contribution in [3.63, 3.8) is 0 Å². The summed E-state index contributed by atoms with van der Waals surface area (Å²) in [5, 5.41) is 6.16. The highest BCUT2D eigenvalue weighted by molar-refractivity contribution is 7.98. The van der Waals surface area contributed by atoms with Crippen molar-refractivity contribution in [2.75, 3.05) is 17.3 Å². The predicted molar refractivity (Wildman–Crippen MR) is 162 cm³/mol. The standard InChI is InChI=1S/C30H42ClN3O4S/c1-18(2)34(28(36)24(16-17-39-9)32-29(37)38-30(6,7)8)26(22-14-10-12-19(3)21(22)5)27(35)33-25-20(4)13-11-15-23(25)31/h10-15,18,24,26H,16-17H2,1-9H3,(H,32,37)(H,33,35). The SMILES string of the molecule is CSCCC(NC(=O)OC(C)(C)C)C(=O)N(C(C)C)C(C(=O)Nc1c(C)cccc1Cl)c1cccc(C)c1C. The van der Waals surface area contributed by atoms with Crippen molar-refractivity contribution >= 4 is 47.0 Å². The molecule has 2 atom stereocenters. The third kappa shape index (κ3) is 8.90. The zero-order valence-corrected chi connectivity index (χ0v) is 26.0. The highest BCUT2D eigenvalue weighted by atomic mass is 35.5. The second-order valence-electron chi connectivity index (χ2n) is 10.9. The number of halogens is 1. The van der Waals surface area contributed by atoms with Crippen LogP contribution in [-0.2, 0) is 14.3 Å². The molecule has 2 aromatic carbocycles. The van der Waals surface area contributed by atoms with Crippen LogP contribution in [-0.4, -0.2) is 52.5 Å². The number of anilines is 1. The zero-order chi connectivity index (χ0) is 29.5. The third-order valence-corrected chi connectivity index (χ3v) is 7.31. The van der Waals surface area contributed by atoms with Gasteiger partial charge in [-0.3, -0.25) is 9.59 Å². The zero-order valence-electron chi connectivity index (χ0n) is 24.5. The van der Waals surface area contributed by atoms with Crippen LogP contribution in [0.25, 0.3) is 0 Å². The van der Waals surface area contributed by atoms with Gasteiger partial charge in [0.2, 0.25) is 5.91 Å². The van der Waals surface area contributed by atoms with Gasteiger partial charge in [-0.15, -0.1) is 0 Å². The van der Waals surface area contributed by atoms with Crippen LogP contribution in [0.3, 0.4) is 0 Å². The van der Waals surface area contributed by atoms with Crippen molar-refractivity contribution < 1.29 is 19.1 Å². The van der Waals surface area contributed by atoms with Gasteiger partial charge in [0.1, 0.15) is 17.7 Å². The van der Waals surface area contributed by atoms with Gasteiger partial charge in [-0.05, 0) is 102 Å². The maximum Gasteiger partial charge on any atom is 0.408 e. The number of ether oxygens (including phenoxy) is 1. The number of hydrogen-bond acceptors (Lipinski definition) is 5. The molecular weight excluding hydrogens is 534 g/mol. The first-order chi connectivity index (χ1) is 18.2. The maximum absolute atomic E-state index is 14.2. The highest BCUT2D eigenvalue weighted by Gasteiger charge is 2.38. The molecule has 7 nitrogen and oxygen atoms in total. The summed E-state index contributed by atoms with van der Waals surface area (Å²) in [6.07, 6.45) is 1.64. The number of aryl methyl sites for hydroxylation is 2. The topological polar surface area (TPSA) is 87.7 Å². The summed E-state index contributed by atoms with van der Waals surface area (Å²) < 4.78 is 5.45. The van der Waals surface area contributed by atoms with Crippen LogP contribution in [0.2, 0.25) is 5.02 Å². The second-order valence-corrected chi connectivity index (χ2v) is 12.3. The van der Waals surface area contributed by atoms with Crippen LogP contribution in [0.4, 0.5) is 10.5 Å². The first kappa shape index (κ1) is 32.5. The Morgan fingerprint density at radius 1 is 1.03 bits per heavy atom. The number of alkyl carbamates (subject to hydrolysis) is 1. The van der Waals surface area contributed by atoms with E-state index in [9.17, 15) is 14.4 Å². The van der Waals surface area contributed by atoms with Crippen molar-refractivity contribution in [3.05, 3.63) is 63.7 Å². The molecule has 0 bridgehead atoms. The molecule has 0 saturated carbocycles. The lowest BCUT2D eigenvalue weighted by atomic mass is 9.94. The number of thioether (sulfide) groups is 1. The average molecular weight is 576 g/mol. The molecular formula is C30H42ClN3O4S. The van der Waals surface area contributed by atoms with Crippen molar-refractivity contribution in [2.45, 2.75) is 85.5 Å². The Hall–Kier alpha value is -2.71. The number of para-hydroxylation sites is 1. The van der Waals surface area contributed by atoms with E-state index in [1.807, 2.05) is 71.2 Å². The molecule has 3 amide bonds. The Bertz CT molecular complexity index is 1160. The van der Waals surface area contributed by atoms with Gasteiger partial charge in [0.25, 0.3) is 5.91 Å². The molecule has 0 aliphatic carbocycles. The predicted octanol–water partition coefficient (Wildman–Crippen LogP) is 6.83. The van der Waals surface area contributed by atoms with Gasteiger partial charge >= 0.3 is 6.09 Å². The first-order valence-electron chi connectivity index (χ1n) is 13.1. The van der Waals surface area contributed by atoms with Gasteiger partial charge in [-0.25, -0.2) is 4.79 Å². The monoisotopic (exact) mass is 575 g/mol. The quantitative estimate of drug-likeness (QED) is 0.324. The van der Waals surface area contributed by atoms with E-state index in [0.717, 1.165) is 16.7 Å². The first-order valence-corrected chi connectivity index (χ1v) is 14.9. The summed E-state index contributed by atoms with van der Waals surface area (Å²) in [7, 11) is 0. The fourth-order valence-corrected chi connectivity index (χ4v) is 5.01. The molecule has 0 spiro atoms. The van der Waals surface area contributed by atoms with E-state index >= 15 is 0 Å². The van der Waals surface area contributed by atoms with E-state index in [1.54, 1.807) is 43.5 Å². The van der Waals surface area contributed by atoms with E-state index in [4.69, 9.17) is 16.3 Å². The Labute approximate surface area is 242 Å². The lowest BCUT2D eigenvalue weighted by Gasteiger charge is -2.38. The summed E-state index contributed by atoms with van der Waals surface area (Å²) in [5.74, 6) is -0.109. The molecule has 0 aromatic heterocycles. The normalized spacial score (nSPS) is 13.0. The molecule has 9 heteroatoms. The number of hydrogen-bond donors (Lipinski definition) is 2. The van der Waals surface area contributed by atoms with Gasteiger partial charge in [0, 0.05) is 6.04 Å². The van der Waals surface area contributed by atoms with Crippen molar-refractivity contribution in [3.8, 4) is 0 Å². The number of amides is 3. The van der Waals surface area contributed by atoms with Crippen LogP contribution in [0.5, 0.6) is 0 Å². The van der Waals surface area contributed by atoms with Crippen molar-refractivity contribution in [2.24, 2.45) is 0 Å². The van der Waals surface area contributed by atoms with E-state index in [1.165, 1.54) is 0 Å². The molecule has 0 heterocycles. The van der Waals surface area contributed by atoms with Crippen LogP contribution in [0.1, 0.15) is 69.3 Å². The van der Waals surface area contributed by atoms with Gasteiger partial charge in [0.05, 0.1) is 10.7 Å². The molecule has 2 rings (SSSR count). The average Bonchev–Trinajstić information content (AvgIpc) is 2.82. The van der Waals surface area contributed by atoms with E-state index in [2.05, 4.69) is 10.6 Å². The van der Waals surface area contributed by atoms with E-state index in [-0.39, 0.29) is 17.9 Å². The molecule has 0 radical (unpaired) electrons. The lowest BCUT2D eigenvalue weighted by Crippen LogP contribution is -2.54. The summed E-state index contributed by atoms with van der Waals surface area (Å²) in [5.41, 5.74) is 3.21. The maximum atomic E-state index is 14.2. The van der Waals surface area contributed by atoms with Gasteiger partial charge in [0.15, 0.2) is 0 Å². The minimum Gasteiger partial charge on any atom is -0.444 e. The van der Waals surface area contributed by atoms with E-state index in [0.29, 0.717) is 28.4 Å². The number of nitrogens with one attached hydrogen (secondary N) is 2. The lowest BCUT2D eigenvalue weighted by molar-refractivity contribution is -0.143. The second kappa shape index (κ2) is 14.1. The van der Waals surface area contributed by atoms with Gasteiger partial charge < -0.3 is 20.3 Å². The number of benzene rings is 2. The smallest absolute Gasteiger partial charge is 0.408 e. The fourth-order valence-electron chi connectivity index (χ4n) is 4.27. The van der Waals surface area contributed by atoms with Crippen LogP contribution < -0.4 is 10.6 Å². The van der Waals surface area contributed by atoms with Crippen LogP contribution >= 0.6 is 23.4 Å². The van der Waals surface area contributed by atoms with Crippen LogP contribution in [0, 0.1) is 20.8 Å². The summed E-state index contributed by atoms with van der Waals surface area (Å²) in [6.45, 7) is 14.8. The van der Waals surface area contributed by atoms with Gasteiger partial charge in [-0.1, -0.05) is 41.9 Å². The van der Waals surface area contributed by atoms with Crippen molar-refractivity contribution in [1.29, 1.82) is 0 Å². The Morgan fingerprint density at radius 2 is 1.64 bits per heavy atom. The molecule has 2 unspecified atom stereocenters. The molecule has 2 N–H and O–H groups in total. The molecule has 39 heavy (non-hydrogen) atoms. The fraction of sp³-hybridized carbons (Fsp3) is 0.500. The van der Waals surface area contributed by atoms with Gasteiger partial charge in [-0.2, -0.15) is 11.8 Å². The number of carbonyl (C=O) groups excluding carboxylic acids is 3. The molecule has 0 fully saturated rings. The number of nitrogens with zero attached hydrogens (tertiary/aromatic N) is 1. The molecule has 214 valence electrons. The third-order valence-electron chi connectivity index (χ3n) is 6.35. The largest absolute Gasteiger partial charge is 0.444 e. The Balaban J connectivity index is 2.61. The Morgan fingerprint density at radius 3 is 2.21 bits per heavy atom. The van der Waals surface area contributed by atoms with Crippen LogP contribution in [0.15, 0.2) is 36.4 Å². The summed E-state index contributed by atoms with van der Waals surface area (Å²) >= 11 is 8.02. The van der Waals surface area contributed by atoms with E-state index < -0.39 is 23.8 Å². The minimum atomic E-state index is -0.967. The number of carbonyl (C=O) groups is 3. The Kier molecular flexibility index (Phi) is 11.7. The molecule has 0 saturated heterocycles. The number of rotatable bonds is 10. The van der Waals surface area contributed by atoms with Crippen molar-refractivity contribution in [1.82, 2.24) is 10.2 Å². The molecule has 0 aliphatic heterocycles. The minimum absolute atomic E-state index is 0.359. The highest BCUT2D eigenvalue weighted by Crippen LogP contribution is 2.32. The summed E-state index contributed by atoms with van der Waals surface area (Å²) in [6, 6.07) is 8.91. The molecule has 0 aliphatic rings.